The fourth-order valence-electron chi connectivity index (χ4n) is 1.40. The first-order chi connectivity index (χ1) is 7.16. The second-order valence-corrected chi connectivity index (χ2v) is 5.65. The average molecular weight is 290 g/mol. The molecular weight excluding hydrogens is 278 g/mol. The smallest absolute Gasteiger partial charge is 0.326 e. The summed E-state index contributed by atoms with van der Waals surface area (Å²) in [6.07, 6.45) is 2.46. The van der Waals surface area contributed by atoms with E-state index < -0.39 is 12.0 Å². The van der Waals surface area contributed by atoms with E-state index in [0.29, 0.717) is 5.92 Å². The Morgan fingerprint density at radius 2 is 2.47 bits per heavy atom. The van der Waals surface area contributed by atoms with E-state index in [0.717, 1.165) is 15.9 Å². The van der Waals surface area contributed by atoms with Crippen LogP contribution in [0, 0.1) is 5.92 Å². The molecule has 0 aromatic carbocycles. The fraction of sp³-hybridized carbons (Fsp3) is 0.500. The highest BCUT2D eigenvalue weighted by Gasteiger charge is 2.26. The average Bonchev–Trinajstić information content (AvgIpc) is 2.89. The van der Waals surface area contributed by atoms with Gasteiger partial charge in [-0.15, -0.1) is 11.3 Å². The second-order valence-electron chi connectivity index (χ2n) is 3.79. The zero-order valence-electron chi connectivity index (χ0n) is 8.07. The first-order valence-corrected chi connectivity index (χ1v) is 6.54. The summed E-state index contributed by atoms with van der Waals surface area (Å²) < 4.78 is 0.946. The Balaban J connectivity index is 2.01. The van der Waals surface area contributed by atoms with Gasteiger partial charge in [-0.2, -0.15) is 0 Å². The first kappa shape index (κ1) is 11.1. The lowest BCUT2D eigenvalue weighted by atomic mass is 10.2. The number of rotatable bonds is 5. The lowest BCUT2D eigenvalue weighted by Crippen LogP contribution is -2.29. The molecule has 2 rings (SSSR count). The first-order valence-electron chi connectivity index (χ1n) is 4.87. The third-order valence-electron chi connectivity index (χ3n) is 2.43. The standard InChI is InChI=1S/C10H12BrNO2S/c11-7-3-8(15-5-7)9(10(13)14)12-4-6-1-2-6/h3,5-6,9,12H,1-2,4H2,(H,13,14). The van der Waals surface area contributed by atoms with Crippen LogP contribution < -0.4 is 5.32 Å². The van der Waals surface area contributed by atoms with Gasteiger partial charge in [-0.05, 0) is 47.3 Å². The van der Waals surface area contributed by atoms with Gasteiger partial charge in [0.2, 0.25) is 0 Å². The van der Waals surface area contributed by atoms with Gasteiger partial charge in [0.25, 0.3) is 0 Å². The van der Waals surface area contributed by atoms with Gasteiger partial charge < -0.3 is 5.11 Å². The molecule has 0 bridgehead atoms. The molecule has 2 N–H and O–H groups in total. The molecule has 1 aromatic rings. The maximum absolute atomic E-state index is 11.1. The highest BCUT2D eigenvalue weighted by molar-refractivity contribution is 9.10. The van der Waals surface area contributed by atoms with E-state index in [2.05, 4.69) is 21.2 Å². The van der Waals surface area contributed by atoms with E-state index in [4.69, 9.17) is 5.11 Å². The molecule has 1 unspecified atom stereocenters. The minimum atomic E-state index is -0.801. The van der Waals surface area contributed by atoms with Gasteiger partial charge in [-0.3, -0.25) is 10.1 Å². The summed E-state index contributed by atoms with van der Waals surface area (Å²) in [5.74, 6) is -0.111. The van der Waals surface area contributed by atoms with E-state index in [1.807, 2.05) is 11.4 Å². The number of thiophene rings is 1. The molecule has 1 saturated carbocycles. The van der Waals surface area contributed by atoms with Crippen molar-refractivity contribution in [1.82, 2.24) is 5.32 Å². The molecule has 1 aliphatic carbocycles. The summed E-state index contributed by atoms with van der Waals surface area (Å²) in [7, 11) is 0. The lowest BCUT2D eigenvalue weighted by molar-refractivity contribution is -0.139. The SMILES string of the molecule is O=C(O)C(NCC1CC1)c1cc(Br)cs1. The third kappa shape index (κ3) is 3.03. The van der Waals surface area contributed by atoms with Gasteiger partial charge in [-0.1, -0.05) is 0 Å². The largest absolute Gasteiger partial charge is 0.480 e. The molecule has 0 saturated heterocycles. The minimum Gasteiger partial charge on any atom is -0.480 e. The Hall–Kier alpha value is -0.390. The molecule has 5 heteroatoms. The van der Waals surface area contributed by atoms with Crippen molar-refractivity contribution in [1.29, 1.82) is 0 Å². The van der Waals surface area contributed by atoms with Crippen LogP contribution in [0.25, 0.3) is 0 Å². The number of carboxylic acids is 1. The van der Waals surface area contributed by atoms with Crippen molar-refractivity contribution in [3.63, 3.8) is 0 Å². The van der Waals surface area contributed by atoms with Gasteiger partial charge in [0, 0.05) is 14.7 Å². The normalized spacial score (nSPS) is 17.7. The predicted octanol–water partition coefficient (Wildman–Crippen LogP) is 2.64. The van der Waals surface area contributed by atoms with E-state index >= 15 is 0 Å². The van der Waals surface area contributed by atoms with Crippen molar-refractivity contribution in [2.24, 2.45) is 5.92 Å². The van der Waals surface area contributed by atoms with Crippen LogP contribution in [0.3, 0.4) is 0 Å². The van der Waals surface area contributed by atoms with Crippen molar-refractivity contribution >= 4 is 33.2 Å². The summed E-state index contributed by atoms with van der Waals surface area (Å²) in [6.45, 7) is 0.812. The van der Waals surface area contributed by atoms with Gasteiger partial charge in [-0.25, -0.2) is 0 Å². The molecule has 1 heterocycles. The van der Waals surface area contributed by atoms with Gasteiger partial charge in [0.05, 0.1) is 0 Å². The molecule has 1 aliphatic rings. The van der Waals surface area contributed by atoms with E-state index in [1.165, 1.54) is 24.2 Å². The van der Waals surface area contributed by atoms with E-state index in [-0.39, 0.29) is 0 Å². The molecule has 1 atom stereocenters. The van der Waals surface area contributed by atoms with Crippen LogP contribution in [-0.4, -0.2) is 17.6 Å². The van der Waals surface area contributed by atoms with Crippen molar-refractivity contribution in [2.75, 3.05) is 6.54 Å². The zero-order valence-corrected chi connectivity index (χ0v) is 10.5. The summed E-state index contributed by atoms with van der Waals surface area (Å²) in [5.41, 5.74) is 0. The molecule has 0 radical (unpaired) electrons. The van der Waals surface area contributed by atoms with Crippen molar-refractivity contribution in [2.45, 2.75) is 18.9 Å². The topological polar surface area (TPSA) is 49.3 Å². The summed E-state index contributed by atoms with van der Waals surface area (Å²) in [4.78, 5) is 11.9. The van der Waals surface area contributed by atoms with Crippen LogP contribution in [-0.2, 0) is 4.79 Å². The van der Waals surface area contributed by atoms with E-state index in [1.54, 1.807) is 0 Å². The van der Waals surface area contributed by atoms with Crippen LogP contribution in [0.4, 0.5) is 0 Å². The second kappa shape index (κ2) is 4.63. The maximum Gasteiger partial charge on any atom is 0.326 e. The number of halogens is 1. The monoisotopic (exact) mass is 289 g/mol. The van der Waals surface area contributed by atoms with Crippen LogP contribution in [0.2, 0.25) is 0 Å². The van der Waals surface area contributed by atoms with Crippen LogP contribution in [0.5, 0.6) is 0 Å². The molecule has 82 valence electrons. The Kier molecular flexibility index (Phi) is 3.43. The fourth-order valence-corrected chi connectivity index (χ4v) is 2.91. The van der Waals surface area contributed by atoms with Gasteiger partial charge in [0.1, 0.15) is 6.04 Å². The minimum absolute atomic E-state index is 0.554. The van der Waals surface area contributed by atoms with Crippen molar-refractivity contribution in [3.8, 4) is 0 Å². The lowest BCUT2D eigenvalue weighted by Gasteiger charge is -2.11. The number of hydrogen-bond acceptors (Lipinski definition) is 3. The van der Waals surface area contributed by atoms with Crippen LogP contribution >= 0.6 is 27.3 Å². The van der Waals surface area contributed by atoms with E-state index in [9.17, 15) is 4.79 Å². The van der Waals surface area contributed by atoms with Gasteiger partial charge in [0.15, 0.2) is 0 Å². The summed E-state index contributed by atoms with van der Waals surface area (Å²) in [6, 6.07) is 1.31. The van der Waals surface area contributed by atoms with Gasteiger partial charge >= 0.3 is 5.97 Å². The van der Waals surface area contributed by atoms with Crippen LogP contribution in [0.1, 0.15) is 23.8 Å². The summed E-state index contributed by atoms with van der Waals surface area (Å²) in [5, 5.41) is 14.1. The number of aliphatic carboxylic acids is 1. The quantitative estimate of drug-likeness (QED) is 0.876. The Morgan fingerprint density at radius 3 is 2.93 bits per heavy atom. The molecular formula is C10H12BrNO2S. The number of nitrogens with one attached hydrogen (secondary N) is 1. The maximum atomic E-state index is 11.1. The third-order valence-corrected chi connectivity index (χ3v) is 4.19. The summed E-state index contributed by atoms with van der Waals surface area (Å²) >= 11 is 4.80. The van der Waals surface area contributed by atoms with Crippen molar-refractivity contribution < 1.29 is 9.90 Å². The number of hydrogen-bond donors (Lipinski definition) is 2. The molecule has 1 fully saturated rings. The molecule has 1 aromatic heterocycles. The Labute approximate surface area is 101 Å². The molecule has 0 aliphatic heterocycles. The highest BCUT2D eigenvalue weighted by Crippen LogP contribution is 2.30. The Morgan fingerprint density at radius 1 is 1.73 bits per heavy atom. The number of carboxylic acid groups (broad SMARTS) is 1. The molecule has 3 nitrogen and oxygen atoms in total. The molecule has 0 amide bonds. The highest BCUT2D eigenvalue weighted by atomic mass is 79.9. The molecule has 15 heavy (non-hydrogen) atoms. The van der Waals surface area contributed by atoms with Crippen LogP contribution in [0.15, 0.2) is 15.9 Å². The Bertz CT molecular complexity index is 362. The predicted molar refractivity (Wildman–Crippen MR) is 63.1 cm³/mol. The number of carbonyl (C=O) groups is 1. The van der Waals surface area contributed by atoms with Crippen molar-refractivity contribution in [3.05, 3.63) is 20.8 Å². The molecule has 0 spiro atoms. The zero-order chi connectivity index (χ0) is 10.8.